The summed E-state index contributed by atoms with van der Waals surface area (Å²) in [6, 6.07) is 21.1. The van der Waals surface area contributed by atoms with Gasteiger partial charge < -0.3 is 5.32 Å². The lowest BCUT2D eigenvalue weighted by molar-refractivity contribution is -0.124. The van der Waals surface area contributed by atoms with Gasteiger partial charge in [-0.3, -0.25) is 19.4 Å². The predicted octanol–water partition coefficient (Wildman–Crippen LogP) is 4.40. The third-order valence-electron chi connectivity index (χ3n) is 6.72. The van der Waals surface area contributed by atoms with Crippen LogP contribution < -0.4 is 10.2 Å². The van der Waals surface area contributed by atoms with E-state index in [0.29, 0.717) is 11.7 Å². The Morgan fingerprint density at radius 3 is 2.61 bits per heavy atom. The molecule has 2 amide bonds. The summed E-state index contributed by atoms with van der Waals surface area (Å²) in [6.45, 7) is 1.67. The van der Waals surface area contributed by atoms with Gasteiger partial charge in [-0.05, 0) is 40.5 Å². The number of hydrogen-bond donors (Lipinski definition) is 1. The number of carbonyl (C=O) groups is 2. The molecule has 1 unspecified atom stereocenters. The third-order valence-corrected chi connectivity index (χ3v) is 6.72. The molecule has 0 fully saturated rings. The van der Waals surface area contributed by atoms with Crippen LogP contribution in [0.3, 0.4) is 0 Å². The van der Waals surface area contributed by atoms with E-state index in [0.717, 1.165) is 37.3 Å². The smallest absolute Gasteiger partial charge is 0.240 e. The van der Waals surface area contributed by atoms with Crippen LogP contribution >= 0.6 is 0 Å². The summed E-state index contributed by atoms with van der Waals surface area (Å²) in [6.07, 6.45) is 3.84. The van der Waals surface area contributed by atoms with E-state index in [9.17, 15) is 9.59 Å². The van der Waals surface area contributed by atoms with Crippen molar-refractivity contribution in [3.8, 4) is 0 Å². The molecular weight excluding hydrogens is 386 g/mol. The fourth-order valence-corrected chi connectivity index (χ4v) is 5.34. The number of hydrogen-bond acceptors (Lipinski definition) is 3. The molecule has 0 radical (unpaired) electrons. The van der Waals surface area contributed by atoms with E-state index in [-0.39, 0.29) is 18.2 Å². The SMILES string of the molecule is O=C1CC(=O)N(C2=CCN(C3Cc4cccc5cccc3c45)CC2)c2ccccc2N1. The minimum absolute atomic E-state index is 0.129. The molecule has 0 spiro atoms. The van der Waals surface area contributed by atoms with Gasteiger partial charge in [-0.2, -0.15) is 0 Å². The molecule has 3 aromatic carbocycles. The Bertz CT molecular complexity index is 1260. The summed E-state index contributed by atoms with van der Waals surface area (Å²) < 4.78 is 0. The van der Waals surface area contributed by atoms with Crippen LogP contribution in [0.25, 0.3) is 10.8 Å². The minimum Gasteiger partial charge on any atom is -0.324 e. The van der Waals surface area contributed by atoms with Gasteiger partial charge in [-0.1, -0.05) is 54.6 Å². The van der Waals surface area contributed by atoms with Crippen molar-refractivity contribution in [1.82, 2.24) is 4.90 Å². The Hall–Kier alpha value is -3.44. The maximum atomic E-state index is 12.9. The van der Waals surface area contributed by atoms with Gasteiger partial charge >= 0.3 is 0 Å². The number of fused-ring (bicyclic) bond motifs is 1. The van der Waals surface area contributed by atoms with E-state index in [1.165, 1.54) is 21.9 Å². The maximum absolute atomic E-state index is 12.9. The van der Waals surface area contributed by atoms with Crippen molar-refractivity contribution in [1.29, 1.82) is 0 Å². The van der Waals surface area contributed by atoms with Crippen LogP contribution in [0.1, 0.15) is 30.0 Å². The zero-order chi connectivity index (χ0) is 20.9. The molecular formula is C26H23N3O2. The summed E-state index contributed by atoms with van der Waals surface area (Å²) in [5.74, 6) is -0.421. The summed E-state index contributed by atoms with van der Waals surface area (Å²) in [5, 5.41) is 5.58. The lowest BCUT2D eigenvalue weighted by atomic mass is 10.0. The Morgan fingerprint density at radius 1 is 0.935 bits per heavy atom. The van der Waals surface area contributed by atoms with Crippen molar-refractivity contribution in [3.63, 3.8) is 0 Å². The van der Waals surface area contributed by atoms with Crippen molar-refractivity contribution in [2.75, 3.05) is 23.3 Å². The van der Waals surface area contributed by atoms with Crippen LogP contribution in [0.5, 0.6) is 0 Å². The zero-order valence-corrected chi connectivity index (χ0v) is 17.2. The molecule has 1 N–H and O–H groups in total. The van der Waals surface area contributed by atoms with Gasteiger partial charge in [0, 0.05) is 31.2 Å². The second kappa shape index (κ2) is 7.06. The van der Waals surface area contributed by atoms with Gasteiger partial charge in [-0.15, -0.1) is 0 Å². The molecule has 3 aliphatic rings. The number of carbonyl (C=O) groups excluding carboxylic acids is 2. The molecule has 6 rings (SSSR count). The molecule has 1 aliphatic carbocycles. The number of nitrogens with zero attached hydrogens (tertiary/aromatic N) is 2. The van der Waals surface area contributed by atoms with E-state index in [1.807, 2.05) is 24.3 Å². The van der Waals surface area contributed by atoms with Crippen molar-refractivity contribution >= 4 is 34.0 Å². The van der Waals surface area contributed by atoms with Crippen LogP contribution in [0.15, 0.2) is 72.4 Å². The topological polar surface area (TPSA) is 52.7 Å². The average molecular weight is 409 g/mol. The number of benzene rings is 3. The first-order valence-electron chi connectivity index (χ1n) is 10.8. The quantitative estimate of drug-likeness (QED) is 0.638. The predicted molar refractivity (Wildman–Crippen MR) is 122 cm³/mol. The highest BCUT2D eigenvalue weighted by molar-refractivity contribution is 6.15. The molecule has 0 aromatic heterocycles. The molecule has 2 aliphatic heterocycles. The van der Waals surface area contributed by atoms with Gasteiger partial charge in [0.15, 0.2) is 0 Å². The normalized spacial score (nSPS) is 21.0. The van der Waals surface area contributed by atoms with Crippen LogP contribution in [-0.4, -0.2) is 29.8 Å². The molecule has 5 nitrogen and oxygen atoms in total. The van der Waals surface area contributed by atoms with Crippen molar-refractivity contribution in [3.05, 3.63) is 83.6 Å². The highest BCUT2D eigenvalue weighted by Gasteiger charge is 2.33. The zero-order valence-electron chi connectivity index (χ0n) is 17.2. The van der Waals surface area contributed by atoms with Gasteiger partial charge in [0.05, 0.1) is 11.4 Å². The molecule has 1 atom stereocenters. The third kappa shape index (κ3) is 2.96. The van der Waals surface area contributed by atoms with E-state index in [1.54, 1.807) is 4.90 Å². The Labute approximate surface area is 181 Å². The second-order valence-electron chi connectivity index (χ2n) is 8.49. The fourth-order valence-electron chi connectivity index (χ4n) is 5.34. The van der Waals surface area contributed by atoms with Crippen LogP contribution in [0.2, 0.25) is 0 Å². The summed E-state index contributed by atoms with van der Waals surface area (Å²) in [4.78, 5) is 29.3. The molecule has 31 heavy (non-hydrogen) atoms. The number of anilines is 2. The number of rotatable bonds is 2. The standard InChI is InChI=1S/C26H23N3O2/c30-24-16-25(31)29(22-10-2-1-9-21(22)27-24)19-11-13-28(14-12-19)23-15-18-7-3-5-17-6-4-8-20(23)26(17)18/h1-11,23H,12-16H2,(H,27,30). The van der Waals surface area contributed by atoms with Gasteiger partial charge in [0.1, 0.15) is 6.42 Å². The van der Waals surface area contributed by atoms with Crippen LogP contribution in [0.4, 0.5) is 11.4 Å². The Morgan fingerprint density at radius 2 is 1.77 bits per heavy atom. The average Bonchev–Trinajstić information content (AvgIpc) is 3.10. The molecule has 0 bridgehead atoms. The molecule has 5 heteroatoms. The van der Waals surface area contributed by atoms with Crippen LogP contribution in [-0.2, 0) is 16.0 Å². The molecule has 0 saturated heterocycles. The highest BCUT2D eigenvalue weighted by atomic mass is 16.2. The van der Waals surface area contributed by atoms with Crippen molar-refractivity contribution in [2.24, 2.45) is 0 Å². The van der Waals surface area contributed by atoms with Gasteiger partial charge in [0.2, 0.25) is 11.8 Å². The van der Waals surface area contributed by atoms with E-state index in [4.69, 9.17) is 0 Å². The Balaban J connectivity index is 1.30. The van der Waals surface area contributed by atoms with E-state index < -0.39 is 0 Å². The van der Waals surface area contributed by atoms with Gasteiger partial charge in [0.25, 0.3) is 0 Å². The number of amides is 2. The van der Waals surface area contributed by atoms with E-state index >= 15 is 0 Å². The monoisotopic (exact) mass is 409 g/mol. The minimum atomic E-state index is -0.255. The first kappa shape index (κ1) is 18.3. The van der Waals surface area contributed by atoms with Crippen molar-refractivity contribution in [2.45, 2.75) is 25.3 Å². The summed E-state index contributed by atoms with van der Waals surface area (Å²) >= 11 is 0. The van der Waals surface area contributed by atoms with E-state index in [2.05, 4.69) is 52.7 Å². The molecule has 2 heterocycles. The first-order chi connectivity index (χ1) is 15.2. The summed E-state index contributed by atoms with van der Waals surface area (Å²) in [7, 11) is 0. The number of para-hydroxylation sites is 2. The highest BCUT2D eigenvalue weighted by Crippen LogP contribution is 2.41. The molecule has 0 saturated carbocycles. The maximum Gasteiger partial charge on any atom is 0.240 e. The second-order valence-corrected chi connectivity index (χ2v) is 8.49. The van der Waals surface area contributed by atoms with Crippen molar-refractivity contribution < 1.29 is 9.59 Å². The van der Waals surface area contributed by atoms with Gasteiger partial charge in [-0.25, -0.2) is 0 Å². The number of nitrogens with one attached hydrogen (secondary N) is 1. The lowest BCUT2D eigenvalue weighted by Gasteiger charge is -2.35. The van der Waals surface area contributed by atoms with Crippen LogP contribution in [0, 0.1) is 0 Å². The summed E-state index contributed by atoms with van der Waals surface area (Å²) in [5.41, 5.74) is 5.28. The lowest BCUT2D eigenvalue weighted by Crippen LogP contribution is -2.38. The Kier molecular flexibility index (Phi) is 4.18. The first-order valence-corrected chi connectivity index (χ1v) is 10.8. The molecule has 154 valence electrons. The molecule has 3 aromatic rings. The fraction of sp³-hybridized carbons (Fsp3) is 0.231. The largest absolute Gasteiger partial charge is 0.324 e.